The summed E-state index contributed by atoms with van der Waals surface area (Å²) in [6.07, 6.45) is 0.702. The predicted molar refractivity (Wildman–Crippen MR) is 66.0 cm³/mol. The molecule has 0 aromatic carbocycles. The molecule has 0 saturated heterocycles. The number of nitrogens with two attached hydrogens (primary N) is 1. The van der Waals surface area contributed by atoms with Crippen LogP contribution >= 0.6 is 11.3 Å². The summed E-state index contributed by atoms with van der Waals surface area (Å²) in [5.41, 5.74) is 0.120. The smallest absolute Gasteiger partial charge is 0.346 e. The molecule has 96 valence electrons. The molecule has 17 heavy (non-hydrogen) atoms. The van der Waals surface area contributed by atoms with Crippen LogP contribution in [0.15, 0.2) is 10.3 Å². The van der Waals surface area contributed by atoms with Gasteiger partial charge in [-0.15, -0.1) is 11.3 Å². The lowest BCUT2D eigenvalue weighted by Gasteiger charge is -2.22. The normalized spacial score (nSPS) is 12.7. The van der Waals surface area contributed by atoms with E-state index in [-0.39, 0.29) is 9.09 Å². The second-order valence-corrected chi connectivity index (χ2v) is 7.24. The third-order valence-electron chi connectivity index (χ3n) is 2.80. The van der Waals surface area contributed by atoms with Crippen LogP contribution in [0.4, 0.5) is 0 Å². The van der Waals surface area contributed by atoms with Crippen molar-refractivity contribution in [3.8, 4) is 0 Å². The summed E-state index contributed by atoms with van der Waals surface area (Å²) in [6.45, 7) is 5.66. The van der Waals surface area contributed by atoms with Gasteiger partial charge in [-0.05, 0) is 23.5 Å². The number of carboxylic acids is 1. The predicted octanol–water partition coefficient (Wildman–Crippen LogP) is 1.78. The molecular weight excluding hydrogens is 262 g/mol. The van der Waals surface area contributed by atoms with E-state index in [2.05, 4.69) is 0 Å². The van der Waals surface area contributed by atoms with E-state index in [1.807, 2.05) is 20.8 Å². The Bertz CT molecular complexity index is 543. The number of primary sulfonamides is 1. The number of sulfonamides is 1. The molecule has 5 nitrogen and oxygen atoms in total. The fourth-order valence-electron chi connectivity index (χ4n) is 1.36. The number of thiophene rings is 1. The molecule has 0 amide bonds. The SMILES string of the molecule is CCC(C)(C)c1cc(S(N)(=O)=O)sc1C(=O)O. The summed E-state index contributed by atoms with van der Waals surface area (Å²) in [7, 11) is -3.85. The Labute approximate surface area is 104 Å². The Morgan fingerprint density at radius 1 is 1.53 bits per heavy atom. The minimum absolute atomic E-state index is 0.0425. The first-order valence-corrected chi connectivity index (χ1v) is 7.36. The van der Waals surface area contributed by atoms with E-state index in [1.165, 1.54) is 6.07 Å². The zero-order valence-electron chi connectivity index (χ0n) is 9.85. The van der Waals surface area contributed by atoms with Crippen LogP contribution in [-0.4, -0.2) is 19.5 Å². The Kier molecular flexibility index (Phi) is 3.66. The monoisotopic (exact) mass is 277 g/mol. The fraction of sp³-hybridized carbons (Fsp3) is 0.500. The molecule has 7 heteroatoms. The number of rotatable bonds is 4. The zero-order chi connectivity index (χ0) is 13.4. The Hall–Kier alpha value is -0.920. The standard InChI is InChI=1S/C10H15NO4S2/c1-4-10(2,3)6-5-7(17(11,14)15)16-8(6)9(12)13/h5H,4H2,1-3H3,(H,12,13)(H2,11,14,15). The third-order valence-corrected chi connectivity index (χ3v) is 5.34. The van der Waals surface area contributed by atoms with Gasteiger partial charge in [0.1, 0.15) is 9.09 Å². The lowest BCUT2D eigenvalue weighted by Crippen LogP contribution is -2.18. The maximum absolute atomic E-state index is 11.2. The Morgan fingerprint density at radius 3 is 2.41 bits per heavy atom. The molecule has 1 heterocycles. The molecule has 0 saturated carbocycles. The van der Waals surface area contributed by atoms with Crippen LogP contribution in [0, 0.1) is 0 Å². The molecule has 1 aromatic heterocycles. The topological polar surface area (TPSA) is 97.5 Å². The average molecular weight is 277 g/mol. The summed E-state index contributed by atoms with van der Waals surface area (Å²) < 4.78 is 22.4. The summed E-state index contributed by atoms with van der Waals surface area (Å²) in [5.74, 6) is -1.12. The van der Waals surface area contributed by atoms with Crippen LogP contribution < -0.4 is 5.14 Å². The molecule has 3 N–H and O–H groups in total. The molecule has 0 atom stereocenters. The minimum Gasteiger partial charge on any atom is -0.477 e. The number of carbonyl (C=O) groups is 1. The Balaban J connectivity index is 3.50. The first kappa shape index (κ1) is 14.1. The van der Waals surface area contributed by atoms with Gasteiger partial charge in [-0.3, -0.25) is 0 Å². The molecule has 0 aliphatic heterocycles. The molecule has 0 aliphatic rings. The molecule has 1 aromatic rings. The van der Waals surface area contributed by atoms with E-state index in [9.17, 15) is 13.2 Å². The first-order valence-electron chi connectivity index (χ1n) is 5.00. The van der Waals surface area contributed by atoms with E-state index in [1.54, 1.807) is 0 Å². The van der Waals surface area contributed by atoms with Crippen LogP contribution in [0.1, 0.15) is 42.4 Å². The van der Waals surface area contributed by atoms with Crippen molar-refractivity contribution in [1.29, 1.82) is 0 Å². The quantitative estimate of drug-likeness (QED) is 0.876. The summed E-state index contributed by atoms with van der Waals surface area (Å²) in [6, 6.07) is 1.37. The molecular formula is C10H15NO4S2. The molecule has 0 fully saturated rings. The number of carboxylic acid groups (broad SMARTS) is 1. The molecule has 1 rings (SSSR count). The lowest BCUT2D eigenvalue weighted by atomic mass is 9.82. The third kappa shape index (κ3) is 2.85. The Morgan fingerprint density at radius 2 is 2.06 bits per heavy atom. The fourth-order valence-corrected chi connectivity index (χ4v) is 3.27. The second kappa shape index (κ2) is 4.40. The van der Waals surface area contributed by atoms with Crippen molar-refractivity contribution >= 4 is 27.3 Å². The van der Waals surface area contributed by atoms with Crippen LogP contribution in [0.3, 0.4) is 0 Å². The maximum atomic E-state index is 11.2. The highest BCUT2D eigenvalue weighted by molar-refractivity contribution is 7.91. The number of hydrogen-bond acceptors (Lipinski definition) is 4. The van der Waals surface area contributed by atoms with E-state index < -0.39 is 21.4 Å². The van der Waals surface area contributed by atoms with Crippen LogP contribution in [-0.2, 0) is 15.4 Å². The summed E-state index contributed by atoms with van der Waals surface area (Å²) >= 11 is 0.704. The van der Waals surface area contributed by atoms with Gasteiger partial charge in [-0.2, -0.15) is 0 Å². The molecule has 0 spiro atoms. The van der Waals surface area contributed by atoms with E-state index in [0.29, 0.717) is 23.3 Å². The van der Waals surface area contributed by atoms with Gasteiger partial charge in [0.05, 0.1) is 0 Å². The van der Waals surface area contributed by atoms with Crippen molar-refractivity contribution in [3.05, 3.63) is 16.5 Å². The average Bonchev–Trinajstić information content (AvgIpc) is 2.61. The minimum atomic E-state index is -3.85. The highest BCUT2D eigenvalue weighted by Gasteiger charge is 2.29. The van der Waals surface area contributed by atoms with E-state index >= 15 is 0 Å². The molecule has 0 bridgehead atoms. The van der Waals surface area contributed by atoms with E-state index in [4.69, 9.17) is 10.2 Å². The van der Waals surface area contributed by atoms with Gasteiger partial charge in [0.15, 0.2) is 0 Å². The van der Waals surface area contributed by atoms with Gasteiger partial charge >= 0.3 is 5.97 Å². The number of aromatic carboxylic acids is 1. The van der Waals surface area contributed by atoms with Gasteiger partial charge in [-0.1, -0.05) is 20.8 Å². The molecule has 0 unspecified atom stereocenters. The van der Waals surface area contributed by atoms with Gasteiger partial charge in [0, 0.05) is 0 Å². The van der Waals surface area contributed by atoms with Crippen molar-refractivity contribution in [1.82, 2.24) is 0 Å². The highest BCUT2D eigenvalue weighted by Crippen LogP contribution is 2.36. The van der Waals surface area contributed by atoms with Crippen LogP contribution in [0.5, 0.6) is 0 Å². The van der Waals surface area contributed by atoms with Gasteiger partial charge in [0.25, 0.3) is 0 Å². The zero-order valence-corrected chi connectivity index (χ0v) is 11.5. The van der Waals surface area contributed by atoms with Crippen molar-refractivity contribution in [2.24, 2.45) is 5.14 Å². The van der Waals surface area contributed by atoms with Crippen LogP contribution in [0.2, 0.25) is 0 Å². The largest absolute Gasteiger partial charge is 0.477 e. The van der Waals surface area contributed by atoms with Crippen molar-refractivity contribution in [2.45, 2.75) is 36.8 Å². The molecule has 0 aliphatic carbocycles. The van der Waals surface area contributed by atoms with Crippen LogP contribution in [0.25, 0.3) is 0 Å². The number of hydrogen-bond donors (Lipinski definition) is 2. The van der Waals surface area contributed by atoms with Gasteiger partial charge in [0.2, 0.25) is 10.0 Å². The summed E-state index contributed by atoms with van der Waals surface area (Å²) in [4.78, 5) is 11.1. The van der Waals surface area contributed by atoms with Crippen molar-refractivity contribution < 1.29 is 18.3 Å². The second-order valence-electron chi connectivity index (χ2n) is 4.40. The maximum Gasteiger partial charge on any atom is 0.346 e. The van der Waals surface area contributed by atoms with E-state index in [0.717, 1.165) is 0 Å². The van der Waals surface area contributed by atoms with Crippen molar-refractivity contribution in [2.75, 3.05) is 0 Å². The van der Waals surface area contributed by atoms with Gasteiger partial charge < -0.3 is 5.11 Å². The first-order chi connectivity index (χ1) is 7.59. The van der Waals surface area contributed by atoms with Gasteiger partial charge in [-0.25, -0.2) is 18.4 Å². The highest BCUT2D eigenvalue weighted by atomic mass is 32.2. The summed E-state index contributed by atoms with van der Waals surface area (Å²) in [5, 5.41) is 14.1. The lowest BCUT2D eigenvalue weighted by molar-refractivity contribution is 0.0699. The van der Waals surface area contributed by atoms with Crippen molar-refractivity contribution in [3.63, 3.8) is 0 Å². The molecule has 0 radical (unpaired) electrons.